The highest BCUT2D eigenvalue weighted by Crippen LogP contribution is 2.30. The monoisotopic (exact) mass is 275 g/mol. The molecule has 0 spiro atoms. The molecule has 106 valence electrons. The first-order valence-electron chi connectivity index (χ1n) is 5.62. The Morgan fingerprint density at radius 3 is 2.37 bits per heavy atom. The fourth-order valence-corrected chi connectivity index (χ4v) is 1.74. The minimum Gasteiger partial charge on any atom is -0.383 e. The Bertz CT molecular complexity index is 395. The lowest BCUT2D eigenvalue weighted by Gasteiger charge is -2.32. The van der Waals surface area contributed by atoms with E-state index in [1.54, 1.807) is 30.3 Å². The topological polar surface area (TPSA) is 32.7 Å². The second-order valence-corrected chi connectivity index (χ2v) is 3.98. The van der Waals surface area contributed by atoms with Gasteiger partial charge in [-0.05, 0) is 5.56 Å². The normalized spacial score (nSPS) is 15.3. The van der Waals surface area contributed by atoms with E-state index in [9.17, 15) is 18.4 Å². The molecule has 0 saturated carbocycles. The average molecular weight is 275 g/mol. The number of hydrogen-bond acceptors (Lipinski definition) is 3. The number of hydrogen-bond donors (Lipinski definition) is 1. The van der Waals surface area contributed by atoms with Gasteiger partial charge in [0.15, 0.2) is 0 Å². The molecular formula is C13H16F3NO2. The van der Waals surface area contributed by atoms with Crippen LogP contribution in [0.5, 0.6) is 0 Å². The molecule has 0 aliphatic rings. The van der Waals surface area contributed by atoms with Gasteiger partial charge in [0.1, 0.15) is 6.04 Å². The van der Waals surface area contributed by atoms with Crippen LogP contribution in [0.25, 0.3) is 0 Å². The average Bonchev–Trinajstić information content (AvgIpc) is 2.36. The van der Waals surface area contributed by atoms with Crippen molar-refractivity contribution in [1.82, 2.24) is 5.06 Å². The van der Waals surface area contributed by atoms with Crippen LogP contribution in [0.15, 0.2) is 43.0 Å². The van der Waals surface area contributed by atoms with Crippen molar-refractivity contribution in [2.45, 2.75) is 18.3 Å². The van der Waals surface area contributed by atoms with E-state index in [1.165, 1.54) is 7.11 Å². The summed E-state index contributed by atoms with van der Waals surface area (Å²) in [6.45, 7) is 3.05. The lowest BCUT2D eigenvalue weighted by atomic mass is 10.1. The first-order valence-corrected chi connectivity index (χ1v) is 5.62. The molecule has 2 atom stereocenters. The number of halogens is 3. The Morgan fingerprint density at radius 2 is 1.95 bits per heavy atom. The molecule has 0 aliphatic heterocycles. The number of nitrogens with zero attached hydrogens (tertiary/aromatic N) is 1. The number of ether oxygens (including phenoxy) is 1. The standard InChI is InChI=1S/C13H16F3NO2/c1-3-12(13(14,15)16)17(18)11(9-19-2)10-7-5-4-6-8-10/h3-8,11-12,18H,1,9H2,2H3/t11-,12+/m0/s1. The SMILES string of the molecule is C=C[C@@H](N(O)[C@@H](COC)c1ccccc1)C(F)(F)F. The maximum absolute atomic E-state index is 12.8. The number of benzene rings is 1. The lowest BCUT2D eigenvalue weighted by Crippen LogP contribution is -2.45. The summed E-state index contributed by atoms with van der Waals surface area (Å²) in [6.07, 6.45) is -3.94. The molecule has 0 saturated heterocycles. The smallest absolute Gasteiger partial charge is 0.383 e. The first-order chi connectivity index (χ1) is 8.91. The van der Waals surface area contributed by atoms with Crippen molar-refractivity contribution in [3.63, 3.8) is 0 Å². The third-order valence-corrected chi connectivity index (χ3v) is 2.67. The van der Waals surface area contributed by atoms with Crippen LogP contribution in [-0.2, 0) is 4.74 Å². The van der Waals surface area contributed by atoms with Gasteiger partial charge in [0.2, 0.25) is 0 Å². The second-order valence-electron chi connectivity index (χ2n) is 3.98. The highest BCUT2D eigenvalue weighted by atomic mass is 19.4. The van der Waals surface area contributed by atoms with Crippen LogP contribution in [0.1, 0.15) is 11.6 Å². The Hall–Kier alpha value is -1.37. The molecule has 1 N–H and O–H groups in total. The number of methoxy groups -OCH3 is 1. The van der Waals surface area contributed by atoms with E-state index < -0.39 is 18.3 Å². The van der Waals surface area contributed by atoms with Gasteiger partial charge in [0.25, 0.3) is 0 Å². The van der Waals surface area contributed by atoms with E-state index in [0.717, 1.165) is 0 Å². The first kappa shape index (κ1) is 15.7. The van der Waals surface area contributed by atoms with Crippen LogP contribution in [0.2, 0.25) is 0 Å². The summed E-state index contributed by atoms with van der Waals surface area (Å²) < 4.78 is 43.2. The molecule has 0 heterocycles. The Morgan fingerprint density at radius 1 is 1.37 bits per heavy atom. The lowest BCUT2D eigenvalue weighted by molar-refractivity contribution is -0.257. The predicted molar refractivity (Wildman–Crippen MR) is 64.7 cm³/mol. The molecule has 1 aromatic carbocycles. The van der Waals surface area contributed by atoms with Crippen LogP contribution in [0.4, 0.5) is 13.2 Å². The molecule has 1 aromatic rings. The molecule has 0 bridgehead atoms. The van der Waals surface area contributed by atoms with Gasteiger partial charge in [-0.3, -0.25) is 0 Å². The molecular weight excluding hydrogens is 259 g/mol. The molecule has 0 unspecified atom stereocenters. The second kappa shape index (κ2) is 6.70. The van der Waals surface area contributed by atoms with Crippen LogP contribution in [-0.4, -0.2) is 36.2 Å². The molecule has 0 fully saturated rings. The van der Waals surface area contributed by atoms with E-state index >= 15 is 0 Å². The molecule has 6 heteroatoms. The quantitative estimate of drug-likeness (QED) is 0.639. The van der Waals surface area contributed by atoms with Crippen molar-refractivity contribution in [3.05, 3.63) is 48.6 Å². The summed E-state index contributed by atoms with van der Waals surface area (Å²) in [7, 11) is 1.36. The van der Waals surface area contributed by atoms with Gasteiger partial charge >= 0.3 is 6.18 Å². The van der Waals surface area contributed by atoms with Crippen molar-refractivity contribution < 1.29 is 23.1 Å². The van der Waals surface area contributed by atoms with Crippen molar-refractivity contribution in [3.8, 4) is 0 Å². The summed E-state index contributed by atoms with van der Waals surface area (Å²) >= 11 is 0. The van der Waals surface area contributed by atoms with Crippen LogP contribution >= 0.6 is 0 Å². The van der Waals surface area contributed by atoms with Gasteiger partial charge in [-0.25, -0.2) is 0 Å². The van der Waals surface area contributed by atoms with Crippen molar-refractivity contribution in [2.24, 2.45) is 0 Å². The molecule has 1 rings (SSSR count). The highest BCUT2D eigenvalue weighted by Gasteiger charge is 2.44. The molecule has 0 aromatic heterocycles. The fraction of sp³-hybridized carbons (Fsp3) is 0.385. The predicted octanol–water partition coefficient (Wildman–Crippen LogP) is 3.18. The number of hydroxylamine groups is 2. The number of rotatable bonds is 6. The summed E-state index contributed by atoms with van der Waals surface area (Å²) in [5.74, 6) is 0. The van der Waals surface area contributed by atoms with E-state index in [-0.39, 0.29) is 11.7 Å². The maximum Gasteiger partial charge on any atom is 0.409 e. The van der Waals surface area contributed by atoms with Gasteiger partial charge < -0.3 is 9.94 Å². The minimum atomic E-state index is -4.60. The van der Waals surface area contributed by atoms with Crippen LogP contribution < -0.4 is 0 Å². The highest BCUT2D eigenvalue weighted by molar-refractivity contribution is 5.19. The third-order valence-electron chi connectivity index (χ3n) is 2.67. The van der Waals surface area contributed by atoms with Crippen molar-refractivity contribution in [2.75, 3.05) is 13.7 Å². The zero-order valence-corrected chi connectivity index (χ0v) is 10.5. The maximum atomic E-state index is 12.8. The molecule has 0 aliphatic carbocycles. The van der Waals surface area contributed by atoms with Gasteiger partial charge in [0.05, 0.1) is 12.6 Å². The van der Waals surface area contributed by atoms with E-state index in [2.05, 4.69) is 6.58 Å². The van der Waals surface area contributed by atoms with Crippen LogP contribution in [0.3, 0.4) is 0 Å². The minimum absolute atomic E-state index is 0.0685. The summed E-state index contributed by atoms with van der Waals surface area (Å²) in [6, 6.07) is 5.30. The van der Waals surface area contributed by atoms with Crippen LogP contribution in [0, 0.1) is 0 Å². The third kappa shape index (κ3) is 4.05. The van der Waals surface area contributed by atoms with Gasteiger partial charge in [-0.15, -0.1) is 6.58 Å². The Kier molecular flexibility index (Phi) is 5.53. The Balaban J connectivity index is 3.02. The molecule has 0 radical (unpaired) electrons. The number of alkyl halides is 3. The Labute approximate surface area is 109 Å². The summed E-state index contributed by atoms with van der Waals surface area (Å²) in [4.78, 5) is 0. The fourth-order valence-electron chi connectivity index (χ4n) is 1.74. The van der Waals surface area contributed by atoms with Crippen molar-refractivity contribution in [1.29, 1.82) is 0 Å². The largest absolute Gasteiger partial charge is 0.409 e. The molecule has 19 heavy (non-hydrogen) atoms. The zero-order valence-electron chi connectivity index (χ0n) is 10.5. The van der Waals surface area contributed by atoms with E-state index in [0.29, 0.717) is 11.6 Å². The van der Waals surface area contributed by atoms with Gasteiger partial charge in [-0.2, -0.15) is 18.2 Å². The van der Waals surface area contributed by atoms with E-state index in [4.69, 9.17) is 4.74 Å². The van der Waals surface area contributed by atoms with E-state index in [1.807, 2.05) is 0 Å². The van der Waals surface area contributed by atoms with Gasteiger partial charge in [0, 0.05) is 7.11 Å². The summed E-state index contributed by atoms with van der Waals surface area (Å²) in [5, 5.41) is 10.1. The molecule has 3 nitrogen and oxygen atoms in total. The summed E-state index contributed by atoms with van der Waals surface area (Å²) in [5.41, 5.74) is 0.531. The zero-order chi connectivity index (χ0) is 14.5. The van der Waals surface area contributed by atoms with Gasteiger partial charge in [-0.1, -0.05) is 36.4 Å². The molecule has 0 amide bonds. The van der Waals surface area contributed by atoms with Crippen molar-refractivity contribution >= 4 is 0 Å².